The zero-order valence-electron chi connectivity index (χ0n) is 19.9. The number of ether oxygens (including phenoxy) is 2. The van der Waals surface area contributed by atoms with Gasteiger partial charge in [-0.05, 0) is 49.7 Å². The average Bonchev–Trinajstić information content (AvgIpc) is 3.20. The fourth-order valence-electron chi connectivity index (χ4n) is 4.08. The lowest BCUT2D eigenvalue weighted by Crippen LogP contribution is -2.37. The van der Waals surface area contributed by atoms with Crippen LogP contribution in [-0.2, 0) is 10.0 Å². The number of hydrogen-bond donors (Lipinski definition) is 2. The van der Waals surface area contributed by atoms with Gasteiger partial charge in [0.1, 0.15) is 22.5 Å². The Balaban J connectivity index is 1.47. The third-order valence-electron chi connectivity index (χ3n) is 5.95. The summed E-state index contributed by atoms with van der Waals surface area (Å²) in [5, 5.41) is 0. The summed E-state index contributed by atoms with van der Waals surface area (Å²) in [6.07, 6.45) is -0.426. The Hall–Kier alpha value is -3.56. The SMILES string of the molecule is COc1ccccc1S(=O)(=O)Nc1cccc(O[C@@H]2CN(C(=O)c3cc(C)ccc3C)C[C@H]2N)c1. The fraction of sp³-hybridized carbons (Fsp3) is 0.269. The molecule has 0 aromatic heterocycles. The Morgan fingerprint density at radius 2 is 1.80 bits per heavy atom. The summed E-state index contributed by atoms with van der Waals surface area (Å²) >= 11 is 0. The molecule has 184 valence electrons. The maximum Gasteiger partial charge on any atom is 0.265 e. The predicted molar refractivity (Wildman–Crippen MR) is 134 cm³/mol. The van der Waals surface area contributed by atoms with Crippen molar-refractivity contribution < 1.29 is 22.7 Å². The normalized spacial score (nSPS) is 17.8. The van der Waals surface area contributed by atoms with Gasteiger partial charge in [-0.1, -0.05) is 35.9 Å². The quantitative estimate of drug-likeness (QED) is 0.520. The number of carbonyl (C=O) groups is 1. The second-order valence-electron chi connectivity index (χ2n) is 8.63. The number of nitrogens with one attached hydrogen (secondary N) is 1. The van der Waals surface area contributed by atoms with Gasteiger partial charge in [-0.25, -0.2) is 8.42 Å². The van der Waals surface area contributed by atoms with Crippen LogP contribution in [0.5, 0.6) is 11.5 Å². The fourth-order valence-corrected chi connectivity index (χ4v) is 5.31. The molecule has 0 bridgehead atoms. The molecule has 3 N–H and O–H groups in total. The number of para-hydroxylation sites is 1. The topological polar surface area (TPSA) is 111 Å². The molecule has 1 fully saturated rings. The van der Waals surface area contributed by atoms with E-state index < -0.39 is 16.1 Å². The van der Waals surface area contributed by atoms with Gasteiger partial charge in [-0.2, -0.15) is 0 Å². The van der Waals surface area contributed by atoms with Crippen molar-refractivity contribution in [3.63, 3.8) is 0 Å². The minimum Gasteiger partial charge on any atom is -0.495 e. The Morgan fingerprint density at radius 3 is 2.57 bits per heavy atom. The minimum atomic E-state index is -3.88. The van der Waals surface area contributed by atoms with Gasteiger partial charge < -0.3 is 20.1 Å². The number of methoxy groups -OCH3 is 1. The summed E-state index contributed by atoms with van der Waals surface area (Å²) in [5.41, 5.74) is 9.23. The third-order valence-corrected chi connectivity index (χ3v) is 7.37. The van der Waals surface area contributed by atoms with E-state index in [0.717, 1.165) is 11.1 Å². The number of carbonyl (C=O) groups excluding carboxylic acids is 1. The van der Waals surface area contributed by atoms with Crippen molar-refractivity contribution in [1.29, 1.82) is 0 Å². The first-order valence-corrected chi connectivity index (χ1v) is 12.7. The standard InChI is InChI=1S/C26H29N3O5S/c1-17-11-12-18(2)21(13-17)26(30)29-15-22(27)24(16-29)34-20-8-6-7-19(14-20)28-35(31,32)25-10-5-4-9-23(25)33-3/h4-14,22,24,28H,15-16,27H2,1-3H3/t22-,24-/m1/s1. The summed E-state index contributed by atoms with van der Waals surface area (Å²) < 4.78 is 39.6. The molecule has 4 rings (SSSR count). The number of benzene rings is 3. The van der Waals surface area contributed by atoms with E-state index in [-0.39, 0.29) is 22.6 Å². The highest BCUT2D eigenvalue weighted by Gasteiger charge is 2.35. The maximum atomic E-state index is 13.1. The van der Waals surface area contributed by atoms with Crippen molar-refractivity contribution in [2.45, 2.75) is 30.9 Å². The van der Waals surface area contributed by atoms with E-state index in [9.17, 15) is 13.2 Å². The van der Waals surface area contributed by atoms with Crippen molar-refractivity contribution in [1.82, 2.24) is 4.90 Å². The molecule has 1 aliphatic rings. The molecule has 3 aromatic rings. The molecule has 1 saturated heterocycles. The van der Waals surface area contributed by atoms with Gasteiger partial charge in [0, 0.05) is 18.2 Å². The van der Waals surface area contributed by atoms with Crippen molar-refractivity contribution in [3.05, 3.63) is 83.4 Å². The number of aryl methyl sites for hydroxylation is 2. The van der Waals surface area contributed by atoms with Crippen molar-refractivity contribution >= 4 is 21.6 Å². The number of amides is 1. The first kappa shape index (κ1) is 24.6. The number of likely N-dealkylation sites (tertiary alicyclic amines) is 1. The van der Waals surface area contributed by atoms with Crippen molar-refractivity contribution in [2.24, 2.45) is 5.73 Å². The molecule has 1 heterocycles. The Bertz CT molecular complexity index is 1340. The largest absolute Gasteiger partial charge is 0.495 e. The Labute approximate surface area is 205 Å². The monoisotopic (exact) mass is 495 g/mol. The molecule has 3 aromatic carbocycles. The predicted octanol–water partition coefficient (Wildman–Crippen LogP) is 3.34. The number of nitrogens with zero attached hydrogens (tertiary/aromatic N) is 1. The van der Waals surface area contributed by atoms with Crippen LogP contribution < -0.4 is 19.9 Å². The lowest BCUT2D eigenvalue weighted by atomic mass is 10.0. The van der Waals surface area contributed by atoms with Crippen LogP contribution in [0.25, 0.3) is 0 Å². The first-order chi connectivity index (χ1) is 16.7. The molecule has 1 amide bonds. The molecular weight excluding hydrogens is 466 g/mol. The molecular formula is C26H29N3O5S. The molecule has 9 heteroatoms. The second kappa shape index (κ2) is 9.97. The highest BCUT2D eigenvalue weighted by molar-refractivity contribution is 7.92. The summed E-state index contributed by atoms with van der Waals surface area (Å²) in [7, 11) is -2.46. The van der Waals surface area contributed by atoms with Crippen LogP contribution in [0.15, 0.2) is 71.6 Å². The van der Waals surface area contributed by atoms with Crippen LogP contribution in [0, 0.1) is 13.8 Å². The van der Waals surface area contributed by atoms with Gasteiger partial charge >= 0.3 is 0 Å². The minimum absolute atomic E-state index is 0.0345. The number of nitrogens with two attached hydrogens (primary N) is 1. The highest BCUT2D eigenvalue weighted by atomic mass is 32.2. The van der Waals surface area contributed by atoms with E-state index in [2.05, 4.69) is 4.72 Å². The van der Waals surface area contributed by atoms with Gasteiger partial charge in [-0.15, -0.1) is 0 Å². The van der Waals surface area contributed by atoms with Crippen molar-refractivity contribution in [2.75, 3.05) is 24.9 Å². The number of rotatable bonds is 7. The maximum absolute atomic E-state index is 13.1. The van der Waals surface area contributed by atoms with Gasteiger partial charge in [0.15, 0.2) is 0 Å². The van der Waals surface area contributed by atoms with Crippen LogP contribution in [-0.4, -0.2) is 51.6 Å². The smallest absolute Gasteiger partial charge is 0.265 e. The summed E-state index contributed by atoms with van der Waals surface area (Å²) in [6.45, 7) is 4.57. The average molecular weight is 496 g/mol. The van der Waals surface area contributed by atoms with Gasteiger partial charge in [0.2, 0.25) is 0 Å². The van der Waals surface area contributed by atoms with E-state index in [1.54, 1.807) is 47.4 Å². The molecule has 2 atom stereocenters. The summed E-state index contributed by atoms with van der Waals surface area (Å²) in [4.78, 5) is 14.8. The number of sulfonamides is 1. The Kier molecular flexibility index (Phi) is 7.00. The van der Waals surface area contributed by atoms with E-state index >= 15 is 0 Å². The van der Waals surface area contributed by atoms with E-state index in [1.807, 2.05) is 32.0 Å². The van der Waals surface area contributed by atoms with Crippen LogP contribution in [0.3, 0.4) is 0 Å². The molecule has 0 aliphatic carbocycles. The lowest BCUT2D eigenvalue weighted by Gasteiger charge is -2.19. The third kappa shape index (κ3) is 5.41. The van der Waals surface area contributed by atoms with Gasteiger partial charge in [-0.3, -0.25) is 9.52 Å². The van der Waals surface area contributed by atoms with Crippen LogP contribution in [0.4, 0.5) is 5.69 Å². The van der Waals surface area contributed by atoms with E-state index in [0.29, 0.717) is 30.1 Å². The first-order valence-electron chi connectivity index (χ1n) is 11.2. The summed E-state index contributed by atoms with van der Waals surface area (Å²) in [5.74, 6) is 0.621. The molecule has 8 nitrogen and oxygen atoms in total. The molecule has 0 radical (unpaired) electrons. The zero-order chi connectivity index (χ0) is 25.2. The van der Waals surface area contributed by atoms with Gasteiger partial charge in [0.25, 0.3) is 15.9 Å². The molecule has 35 heavy (non-hydrogen) atoms. The molecule has 1 aliphatic heterocycles. The van der Waals surface area contributed by atoms with Crippen LogP contribution in [0.2, 0.25) is 0 Å². The Morgan fingerprint density at radius 1 is 1.03 bits per heavy atom. The van der Waals surface area contributed by atoms with Crippen LogP contribution in [0.1, 0.15) is 21.5 Å². The number of hydrogen-bond acceptors (Lipinski definition) is 6. The lowest BCUT2D eigenvalue weighted by molar-refractivity contribution is 0.0771. The van der Waals surface area contributed by atoms with Crippen molar-refractivity contribution in [3.8, 4) is 11.5 Å². The summed E-state index contributed by atoms with van der Waals surface area (Å²) in [6, 6.07) is 18.4. The molecule has 0 spiro atoms. The number of anilines is 1. The zero-order valence-corrected chi connectivity index (χ0v) is 20.7. The van der Waals surface area contributed by atoms with E-state index in [1.165, 1.54) is 13.2 Å². The van der Waals surface area contributed by atoms with Gasteiger partial charge in [0.05, 0.1) is 25.4 Å². The second-order valence-corrected chi connectivity index (χ2v) is 10.3. The molecule has 0 saturated carbocycles. The molecule has 0 unspecified atom stereocenters. The van der Waals surface area contributed by atoms with E-state index in [4.69, 9.17) is 15.2 Å². The van der Waals surface area contributed by atoms with Crippen LogP contribution >= 0.6 is 0 Å². The highest BCUT2D eigenvalue weighted by Crippen LogP contribution is 2.28.